The number of aryl methyl sites for hydroxylation is 1. The van der Waals surface area contributed by atoms with E-state index >= 15 is 0 Å². The molecule has 0 saturated carbocycles. The molecule has 0 amide bonds. The van der Waals surface area contributed by atoms with Crippen LogP contribution in [-0.2, 0) is 23.0 Å². The van der Waals surface area contributed by atoms with E-state index in [4.69, 9.17) is 5.14 Å². The van der Waals surface area contributed by atoms with Crippen molar-refractivity contribution < 1.29 is 8.42 Å². The first kappa shape index (κ1) is 16.3. The van der Waals surface area contributed by atoms with Crippen LogP contribution in [0.3, 0.4) is 0 Å². The van der Waals surface area contributed by atoms with E-state index in [1.807, 2.05) is 12.1 Å². The molecule has 5 nitrogen and oxygen atoms in total. The highest BCUT2D eigenvalue weighted by atomic mass is 32.2. The van der Waals surface area contributed by atoms with Gasteiger partial charge in [-0.15, -0.1) is 0 Å². The third-order valence-electron chi connectivity index (χ3n) is 4.92. The maximum Gasteiger partial charge on any atom is 0.238 e. The molecule has 4 rings (SSSR count). The first-order valence-electron chi connectivity index (χ1n) is 8.29. The summed E-state index contributed by atoms with van der Waals surface area (Å²) in [6.07, 6.45) is 0.969. The molecule has 0 spiro atoms. The molecule has 0 unspecified atom stereocenters. The normalized spacial score (nSPS) is 15.5. The van der Waals surface area contributed by atoms with E-state index in [9.17, 15) is 8.42 Å². The van der Waals surface area contributed by atoms with Gasteiger partial charge in [-0.2, -0.15) is 0 Å². The Bertz CT molecular complexity index is 1070. The highest BCUT2D eigenvalue weighted by Gasteiger charge is 2.23. The molecule has 2 N–H and O–H groups in total. The monoisotopic (exact) mass is 355 g/mol. The van der Waals surface area contributed by atoms with Gasteiger partial charge < -0.3 is 9.47 Å². The predicted octanol–water partition coefficient (Wildman–Crippen LogP) is 2.57. The number of fused-ring (bicyclic) bond motifs is 3. The number of aromatic nitrogens is 1. The molecular formula is C19H21N3O2S. The second-order valence-electron chi connectivity index (χ2n) is 6.81. The van der Waals surface area contributed by atoms with Crippen LogP contribution in [0.5, 0.6) is 0 Å². The lowest BCUT2D eigenvalue weighted by Crippen LogP contribution is -2.27. The van der Waals surface area contributed by atoms with Crippen molar-refractivity contribution >= 4 is 20.9 Å². The highest BCUT2D eigenvalue weighted by molar-refractivity contribution is 7.89. The predicted molar refractivity (Wildman–Crippen MR) is 99.4 cm³/mol. The van der Waals surface area contributed by atoms with E-state index in [1.165, 1.54) is 22.2 Å². The number of hydrogen-bond acceptors (Lipinski definition) is 3. The summed E-state index contributed by atoms with van der Waals surface area (Å²) in [5.74, 6) is 0. The van der Waals surface area contributed by atoms with Crippen molar-refractivity contribution in [2.24, 2.45) is 5.14 Å². The number of hydrogen-bond donors (Lipinski definition) is 1. The molecule has 25 heavy (non-hydrogen) atoms. The van der Waals surface area contributed by atoms with Gasteiger partial charge in [0.15, 0.2) is 0 Å². The fraction of sp³-hybridized carbons (Fsp3) is 0.263. The first-order valence-corrected chi connectivity index (χ1v) is 9.84. The highest BCUT2D eigenvalue weighted by Crippen LogP contribution is 2.34. The van der Waals surface area contributed by atoms with Gasteiger partial charge in [-0.1, -0.05) is 11.6 Å². The molecule has 0 aliphatic carbocycles. The summed E-state index contributed by atoms with van der Waals surface area (Å²) in [5, 5.41) is 6.49. The maximum absolute atomic E-state index is 11.5. The van der Waals surface area contributed by atoms with Crippen molar-refractivity contribution in [3.05, 3.63) is 59.3 Å². The molecule has 3 aromatic rings. The topological polar surface area (TPSA) is 68.3 Å². The van der Waals surface area contributed by atoms with Gasteiger partial charge in [0.1, 0.15) is 0 Å². The fourth-order valence-electron chi connectivity index (χ4n) is 3.69. The fourth-order valence-corrected chi connectivity index (χ4v) is 4.20. The van der Waals surface area contributed by atoms with Gasteiger partial charge in [0.05, 0.1) is 10.4 Å². The van der Waals surface area contributed by atoms with Gasteiger partial charge in [0.2, 0.25) is 10.0 Å². The largest absolute Gasteiger partial charge is 0.313 e. The second-order valence-corrected chi connectivity index (χ2v) is 8.37. The van der Waals surface area contributed by atoms with Crippen LogP contribution >= 0.6 is 0 Å². The lowest BCUT2D eigenvalue weighted by molar-refractivity contribution is 0.311. The van der Waals surface area contributed by atoms with Gasteiger partial charge in [-0.25, -0.2) is 13.6 Å². The number of sulfonamides is 1. The zero-order valence-electron chi connectivity index (χ0n) is 14.4. The van der Waals surface area contributed by atoms with E-state index < -0.39 is 10.0 Å². The average Bonchev–Trinajstić information content (AvgIpc) is 2.87. The van der Waals surface area contributed by atoms with Gasteiger partial charge in [-0.3, -0.25) is 0 Å². The standard InChI is InChI=1S/C19H21N3O2S/c1-13-3-8-18-16(11-13)17-12-21(2)10-9-19(17)22(18)14-4-6-15(7-5-14)25(20,23)24/h3-8,11H,9-10,12H2,1-2H3,(H2,20,23,24). The van der Waals surface area contributed by atoms with E-state index in [-0.39, 0.29) is 4.90 Å². The SMILES string of the molecule is Cc1ccc2c(c1)c1c(n2-c2ccc(S(N)(=O)=O)cc2)CCN(C)C1. The molecular weight excluding hydrogens is 334 g/mol. The van der Waals surface area contributed by atoms with Crippen LogP contribution in [0.25, 0.3) is 16.6 Å². The third-order valence-corrected chi connectivity index (χ3v) is 5.85. The van der Waals surface area contributed by atoms with Crippen molar-refractivity contribution in [3.63, 3.8) is 0 Å². The number of nitrogens with zero attached hydrogens (tertiary/aromatic N) is 2. The Hall–Kier alpha value is -2.15. The van der Waals surface area contributed by atoms with Crippen molar-refractivity contribution in [2.45, 2.75) is 24.8 Å². The average molecular weight is 355 g/mol. The summed E-state index contributed by atoms with van der Waals surface area (Å²) in [5.41, 5.74) is 6.04. The molecule has 1 aliphatic rings. The zero-order chi connectivity index (χ0) is 17.8. The first-order chi connectivity index (χ1) is 11.8. The van der Waals surface area contributed by atoms with Crippen molar-refractivity contribution in [2.75, 3.05) is 13.6 Å². The molecule has 0 fully saturated rings. The quantitative estimate of drug-likeness (QED) is 0.768. The van der Waals surface area contributed by atoms with Crippen LogP contribution < -0.4 is 5.14 Å². The van der Waals surface area contributed by atoms with Gasteiger partial charge in [0, 0.05) is 36.3 Å². The van der Waals surface area contributed by atoms with E-state index in [0.29, 0.717) is 0 Å². The molecule has 1 aliphatic heterocycles. The van der Waals surface area contributed by atoms with Crippen molar-refractivity contribution in [1.82, 2.24) is 9.47 Å². The minimum absolute atomic E-state index is 0.136. The van der Waals surface area contributed by atoms with E-state index in [2.05, 4.69) is 41.6 Å². The zero-order valence-corrected chi connectivity index (χ0v) is 15.2. The maximum atomic E-state index is 11.5. The van der Waals surface area contributed by atoms with Crippen LogP contribution in [0.15, 0.2) is 47.4 Å². The molecule has 2 heterocycles. The Labute approximate surface area is 147 Å². The van der Waals surface area contributed by atoms with Crippen LogP contribution in [0.2, 0.25) is 0 Å². The summed E-state index contributed by atoms with van der Waals surface area (Å²) in [4.78, 5) is 2.47. The summed E-state index contributed by atoms with van der Waals surface area (Å²) in [7, 11) is -1.54. The Kier molecular flexibility index (Phi) is 3.72. The molecule has 0 atom stereocenters. The van der Waals surface area contributed by atoms with Crippen molar-refractivity contribution in [3.8, 4) is 5.69 Å². The molecule has 6 heteroatoms. The molecule has 2 aromatic carbocycles. The van der Waals surface area contributed by atoms with Crippen LogP contribution in [0.1, 0.15) is 16.8 Å². The molecule has 0 bridgehead atoms. The third kappa shape index (κ3) is 2.76. The second kappa shape index (κ2) is 5.69. The Balaban J connectivity index is 1.96. The Morgan fingerprint density at radius 3 is 2.48 bits per heavy atom. The summed E-state index contributed by atoms with van der Waals surface area (Å²) >= 11 is 0. The molecule has 0 saturated heterocycles. The molecule has 0 radical (unpaired) electrons. The number of primary sulfonamides is 1. The number of nitrogens with two attached hydrogens (primary N) is 1. The van der Waals surface area contributed by atoms with Crippen LogP contribution in [-0.4, -0.2) is 31.5 Å². The van der Waals surface area contributed by atoms with E-state index in [1.54, 1.807) is 12.1 Å². The summed E-state index contributed by atoms with van der Waals surface area (Å²) < 4.78 is 25.3. The summed E-state index contributed by atoms with van der Waals surface area (Å²) in [6, 6.07) is 13.3. The van der Waals surface area contributed by atoms with Crippen molar-refractivity contribution in [1.29, 1.82) is 0 Å². The number of rotatable bonds is 2. The number of likely N-dealkylation sites (N-methyl/N-ethyl adjacent to an activating group) is 1. The molecule has 1 aromatic heterocycles. The minimum atomic E-state index is -3.68. The Morgan fingerprint density at radius 2 is 1.80 bits per heavy atom. The summed E-state index contributed by atoms with van der Waals surface area (Å²) in [6.45, 7) is 4.05. The van der Waals surface area contributed by atoms with Gasteiger partial charge in [-0.05, 0) is 55.9 Å². The smallest absolute Gasteiger partial charge is 0.238 e. The van der Waals surface area contributed by atoms with E-state index in [0.717, 1.165) is 30.7 Å². The van der Waals surface area contributed by atoms with Gasteiger partial charge >= 0.3 is 0 Å². The van der Waals surface area contributed by atoms with Crippen LogP contribution in [0, 0.1) is 6.92 Å². The molecule has 130 valence electrons. The number of benzene rings is 2. The van der Waals surface area contributed by atoms with Gasteiger partial charge in [0.25, 0.3) is 0 Å². The lowest BCUT2D eigenvalue weighted by Gasteiger charge is -2.24. The lowest BCUT2D eigenvalue weighted by atomic mass is 10.0. The minimum Gasteiger partial charge on any atom is -0.313 e. The Morgan fingerprint density at radius 1 is 1.08 bits per heavy atom. The van der Waals surface area contributed by atoms with Crippen LogP contribution in [0.4, 0.5) is 0 Å².